The molecule has 0 aliphatic carbocycles. The quantitative estimate of drug-likeness (QED) is 0.516. The molecule has 3 aromatic carbocycles. The summed E-state index contributed by atoms with van der Waals surface area (Å²) in [5.74, 6) is 0.493. The Kier molecular flexibility index (Phi) is 6.97. The first-order valence-electron chi connectivity index (χ1n) is 9.93. The zero-order valence-corrected chi connectivity index (χ0v) is 18.6. The molecule has 0 aromatic heterocycles. The van der Waals surface area contributed by atoms with Crippen LogP contribution in [0.1, 0.15) is 27.0 Å². The van der Waals surface area contributed by atoms with Gasteiger partial charge in [0.05, 0.1) is 17.1 Å². The third-order valence-corrected chi connectivity index (χ3v) is 6.38. The lowest BCUT2D eigenvalue weighted by molar-refractivity contribution is 0.0947. The van der Waals surface area contributed by atoms with Crippen LogP contribution in [0.3, 0.4) is 0 Å². The first-order chi connectivity index (χ1) is 14.8. The van der Waals surface area contributed by atoms with Gasteiger partial charge in [-0.25, -0.2) is 8.42 Å². The Morgan fingerprint density at radius 3 is 2.39 bits per heavy atom. The molecule has 3 rings (SSSR count). The van der Waals surface area contributed by atoms with Gasteiger partial charge in [-0.2, -0.15) is 0 Å². The van der Waals surface area contributed by atoms with Crippen molar-refractivity contribution in [2.75, 3.05) is 17.9 Å². The normalized spacial score (nSPS) is 11.1. The maximum Gasteiger partial charge on any atom is 0.261 e. The van der Waals surface area contributed by atoms with E-state index >= 15 is 0 Å². The molecule has 0 heterocycles. The van der Waals surface area contributed by atoms with Crippen LogP contribution in [0.4, 0.5) is 5.69 Å². The molecular weight excluding hydrogens is 412 g/mol. The maximum atomic E-state index is 12.6. The van der Waals surface area contributed by atoms with E-state index in [1.54, 1.807) is 37.3 Å². The standard InChI is InChI=1S/C24H26N2O4S/c1-17-8-7-11-23(19(17)3)30-15-14-25-24(27)20-13-12-18(2)22(16-20)26-31(28,29)21-9-5-4-6-10-21/h4-13,16,26H,14-15H2,1-3H3,(H,25,27). The highest BCUT2D eigenvalue weighted by Crippen LogP contribution is 2.22. The van der Waals surface area contributed by atoms with Crippen LogP contribution >= 0.6 is 0 Å². The van der Waals surface area contributed by atoms with Gasteiger partial charge >= 0.3 is 0 Å². The molecule has 0 spiro atoms. The molecular formula is C24H26N2O4S. The smallest absolute Gasteiger partial charge is 0.261 e. The van der Waals surface area contributed by atoms with Crippen molar-refractivity contribution in [2.45, 2.75) is 25.7 Å². The van der Waals surface area contributed by atoms with Crippen molar-refractivity contribution in [1.82, 2.24) is 5.32 Å². The largest absolute Gasteiger partial charge is 0.491 e. The highest BCUT2D eigenvalue weighted by molar-refractivity contribution is 7.92. The number of hydrogen-bond acceptors (Lipinski definition) is 4. The number of aryl methyl sites for hydroxylation is 2. The summed E-state index contributed by atoms with van der Waals surface area (Å²) >= 11 is 0. The highest BCUT2D eigenvalue weighted by atomic mass is 32.2. The summed E-state index contributed by atoms with van der Waals surface area (Å²) in [6.07, 6.45) is 0. The Hall–Kier alpha value is -3.32. The molecule has 0 radical (unpaired) electrons. The van der Waals surface area contributed by atoms with E-state index in [-0.39, 0.29) is 10.8 Å². The summed E-state index contributed by atoms with van der Waals surface area (Å²) in [7, 11) is -3.74. The molecule has 0 aliphatic heterocycles. The fraction of sp³-hybridized carbons (Fsp3) is 0.208. The molecule has 6 nitrogen and oxygen atoms in total. The van der Waals surface area contributed by atoms with Crippen LogP contribution in [-0.4, -0.2) is 27.5 Å². The average molecular weight is 439 g/mol. The summed E-state index contributed by atoms with van der Waals surface area (Å²) in [6, 6.07) is 18.9. The second-order valence-corrected chi connectivity index (χ2v) is 8.93. The fourth-order valence-corrected chi connectivity index (χ4v) is 4.13. The van der Waals surface area contributed by atoms with E-state index in [1.807, 2.05) is 32.0 Å². The van der Waals surface area contributed by atoms with Crippen molar-refractivity contribution in [3.63, 3.8) is 0 Å². The van der Waals surface area contributed by atoms with Crippen LogP contribution < -0.4 is 14.8 Å². The lowest BCUT2D eigenvalue weighted by atomic mass is 10.1. The topological polar surface area (TPSA) is 84.5 Å². The van der Waals surface area contributed by atoms with Crippen LogP contribution in [0.5, 0.6) is 5.75 Å². The van der Waals surface area contributed by atoms with Crippen LogP contribution in [0, 0.1) is 20.8 Å². The van der Waals surface area contributed by atoms with Crippen LogP contribution in [0.2, 0.25) is 0 Å². The molecule has 0 bridgehead atoms. The number of anilines is 1. The maximum absolute atomic E-state index is 12.6. The number of rotatable bonds is 8. The van der Waals surface area contributed by atoms with E-state index in [9.17, 15) is 13.2 Å². The van der Waals surface area contributed by atoms with Crippen molar-refractivity contribution in [3.8, 4) is 5.75 Å². The minimum atomic E-state index is -3.74. The fourth-order valence-electron chi connectivity index (χ4n) is 2.98. The molecule has 0 saturated heterocycles. The van der Waals surface area contributed by atoms with Crippen molar-refractivity contribution in [2.24, 2.45) is 0 Å². The summed E-state index contributed by atoms with van der Waals surface area (Å²) in [5, 5.41) is 2.80. The zero-order chi connectivity index (χ0) is 22.4. The van der Waals surface area contributed by atoms with E-state index in [0.717, 1.165) is 16.9 Å². The van der Waals surface area contributed by atoms with Crippen molar-refractivity contribution in [1.29, 1.82) is 0 Å². The first kappa shape index (κ1) is 22.4. The number of hydrogen-bond donors (Lipinski definition) is 2. The van der Waals surface area contributed by atoms with Gasteiger partial charge in [0.2, 0.25) is 0 Å². The second kappa shape index (κ2) is 9.66. The van der Waals surface area contributed by atoms with Gasteiger partial charge in [0, 0.05) is 5.56 Å². The monoisotopic (exact) mass is 438 g/mol. The Labute approximate surface area is 183 Å². The Bertz CT molecular complexity index is 1180. The van der Waals surface area contributed by atoms with Crippen LogP contribution in [-0.2, 0) is 10.0 Å². The van der Waals surface area contributed by atoms with Crippen molar-refractivity contribution in [3.05, 3.63) is 89.0 Å². The molecule has 31 heavy (non-hydrogen) atoms. The van der Waals surface area contributed by atoms with E-state index in [0.29, 0.717) is 30.0 Å². The molecule has 0 atom stereocenters. The molecule has 1 amide bonds. The SMILES string of the molecule is Cc1ccc(C(=O)NCCOc2cccc(C)c2C)cc1NS(=O)(=O)c1ccccc1. The van der Waals surface area contributed by atoms with Gasteiger partial charge in [0.1, 0.15) is 12.4 Å². The molecule has 0 unspecified atom stereocenters. The van der Waals surface area contributed by atoms with Crippen LogP contribution in [0.15, 0.2) is 71.6 Å². The van der Waals surface area contributed by atoms with Gasteiger partial charge in [-0.05, 0) is 67.8 Å². The van der Waals surface area contributed by atoms with Gasteiger partial charge in [-0.15, -0.1) is 0 Å². The molecule has 0 fully saturated rings. The highest BCUT2D eigenvalue weighted by Gasteiger charge is 2.16. The Morgan fingerprint density at radius 1 is 0.903 bits per heavy atom. The number of sulfonamides is 1. The molecule has 2 N–H and O–H groups in total. The summed E-state index contributed by atoms with van der Waals surface area (Å²) in [5.41, 5.74) is 3.66. The number of carbonyl (C=O) groups is 1. The Balaban J connectivity index is 1.62. The van der Waals surface area contributed by atoms with E-state index in [1.165, 1.54) is 18.2 Å². The average Bonchev–Trinajstić information content (AvgIpc) is 2.76. The van der Waals surface area contributed by atoms with Gasteiger partial charge < -0.3 is 10.1 Å². The Morgan fingerprint density at radius 2 is 1.65 bits per heavy atom. The lowest BCUT2D eigenvalue weighted by Gasteiger charge is -2.13. The minimum absolute atomic E-state index is 0.160. The third kappa shape index (κ3) is 5.64. The second-order valence-electron chi connectivity index (χ2n) is 7.25. The zero-order valence-electron chi connectivity index (χ0n) is 17.8. The number of carbonyl (C=O) groups excluding carboxylic acids is 1. The molecule has 0 saturated carbocycles. The summed E-state index contributed by atoms with van der Waals surface area (Å²) in [4.78, 5) is 12.7. The molecule has 162 valence electrons. The van der Waals surface area contributed by atoms with E-state index in [2.05, 4.69) is 10.0 Å². The number of amides is 1. The van der Waals surface area contributed by atoms with Crippen molar-refractivity contribution >= 4 is 21.6 Å². The van der Waals surface area contributed by atoms with Gasteiger partial charge in [-0.1, -0.05) is 36.4 Å². The van der Waals surface area contributed by atoms with Crippen LogP contribution in [0.25, 0.3) is 0 Å². The number of ether oxygens (including phenoxy) is 1. The van der Waals surface area contributed by atoms with Gasteiger partial charge in [0.15, 0.2) is 0 Å². The third-order valence-electron chi connectivity index (χ3n) is 5.00. The summed E-state index contributed by atoms with van der Waals surface area (Å²) < 4.78 is 33.5. The number of nitrogens with one attached hydrogen (secondary N) is 2. The number of benzene rings is 3. The van der Waals surface area contributed by atoms with Crippen molar-refractivity contribution < 1.29 is 17.9 Å². The summed E-state index contributed by atoms with van der Waals surface area (Å²) in [6.45, 7) is 6.45. The lowest BCUT2D eigenvalue weighted by Crippen LogP contribution is -2.28. The molecule has 0 aliphatic rings. The van der Waals surface area contributed by atoms with E-state index < -0.39 is 10.0 Å². The predicted octanol–water partition coefficient (Wildman–Crippen LogP) is 4.22. The molecule has 7 heteroatoms. The van der Waals surface area contributed by atoms with Gasteiger partial charge in [0.25, 0.3) is 15.9 Å². The van der Waals surface area contributed by atoms with Gasteiger partial charge in [-0.3, -0.25) is 9.52 Å². The first-order valence-corrected chi connectivity index (χ1v) is 11.4. The minimum Gasteiger partial charge on any atom is -0.491 e. The predicted molar refractivity (Wildman–Crippen MR) is 122 cm³/mol. The molecule has 3 aromatic rings. The van der Waals surface area contributed by atoms with E-state index in [4.69, 9.17) is 4.74 Å².